The molecule has 0 saturated heterocycles. The summed E-state index contributed by atoms with van der Waals surface area (Å²) in [6.45, 7) is 0. The molecule has 0 aliphatic rings. The Morgan fingerprint density at radius 3 is 1.95 bits per heavy atom. The van der Waals surface area contributed by atoms with Gasteiger partial charge < -0.3 is 14.2 Å². The second-order valence-electron chi connectivity index (χ2n) is 4.45. The van der Waals surface area contributed by atoms with Crippen molar-refractivity contribution in [1.82, 2.24) is 0 Å². The van der Waals surface area contributed by atoms with Gasteiger partial charge in [0.1, 0.15) is 5.75 Å². The molecule has 2 aromatic carbocycles. The SMILES string of the molecule is COc1ccc([C@H](C#N)c2ccc(OC)c(OC)c2)cc1. The Kier molecular flexibility index (Phi) is 4.68. The van der Waals surface area contributed by atoms with E-state index in [-0.39, 0.29) is 5.92 Å². The highest BCUT2D eigenvalue weighted by Gasteiger charge is 2.16. The number of nitriles is 1. The van der Waals surface area contributed by atoms with Crippen LogP contribution in [0.5, 0.6) is 17.2 Å². The number of nitrogens with zero attached hydrogens (tertiary/aromatic N) is 1. The van der Waals surface area contributed by atoms with E-state index in [0.29, 0.717) is 11.5 Å². The van der Waals surface area contributed by atoms with Crippen LogP contribution in [-0.4, -0.2) is 21.3 Å². The summed E-state index contributed by atoms with van der Waals surface area (Å²) in [5.41, 5.74) is 1.77. The fourth-order valence-electron chi connectivity index (χ4n) is 2.17. The summed E-state index contributed by atoms with van der Waals surface area (Å²) in [5.74, 6) is 1.66. The van der Waals surface area contributed by atoms with Crippen LogP contribution in [-0.2, 0) is 0 Å². The van der Waals surface area contributed by atoms with Crippen molar-refractivity contribution in [2.24, 2.45) is 0 Å². The van der Waals surface area contributed by atoms with Gasteiger partial charge in [0, 0.05) is 0 Å². The molecule has 21 heavy (non-hydrogen) atoms. The second-order valence-corrected chi connectivity index (χ2v) is 4.45. The fourth-order valence-corrected chi connectivity index (χ4v) is 2.17. The van der Waals surface area contributed by atoms with Crippen molar-refractivity contribution < 1.29 is 14.2 Å². The average Bonchev–Trinajstić information content (AvgIpc) is 2.56. The maximum Gasteiger partial charge on any atom is 0.161 e. The maximum atomic E-state index is 9.50. The van der Waals surface area contributed by atoms with Crippen molar-refractivity contribution >= 4 is 0 Å². The van der Waals surface area contributed by atoms with E-state index in [2.05, 4.69) is 6.07 Å². The summed E-state index contributed by atoms with van der Waals surface area (Å²) in [4.78, 5) is 0. The lowest BCUT2D eigenvalue weighted by atomic mass is 9.92. The third kappa shape index (κ3) is 3.09. The van der Waals surface area contributed by atoms with Crippen LogP contribution in [0.25, 0.3) is 0 Å². The molecule has 2 aromatic rings. The lowest BCUT2D eigenvalue weighted by Gasteiger charge is -2.14. The number of methoxy groups -OCH3 is 3. The smallest absolute Gasteiger partial charge is 0.161 e. The Bertz CT molecular complexity index is 644. The summed E-state index contributed by atoms with van der Waals surface area (Å²) < 4.78 is 15.6. The Morgan fingerprint density at radius 1 is 0.810 bits per heavy atom. The van der Waals surface area contributed by atoms with Gasteiger partial charge in [-0.1, -0.05) is 18.2 Å². The monoisotopic (exact) mass is 283 g/mol. The number of benzene rings is 2. The first-order valence-electron chi connectivity index (χ1n) is 6.49. The molecule has 0 saturated carbocycles. The van der Waals surface area contributed by atoms with E-state index in [1.165, 1.54) is 0 Å². The van der Waals surface area contributed by atoms with Crippen LogP contribution < -0.4 is 14.2 Å². The lowest BCUT2D eigenvalue weighted by Crippen LogP contribution is -2.00. The van der Waals surface area contributed by atoms with Crippen LogP contribution in [0.15, 0.2) is 42.5 Å². The zero-order valence-electron chi connectivity index (χ0n) is 12.3. The predicted octanol–water partition coefficient (Wildman–Crippen LogP) is 3.37. The van der Waals surface area contributed by atoms with Gasteiger partial charge in [-0.15, -0.1) is 0 Å². The van der Waals surface area contributed by atoms with Crippen molar-refractivity contribution in [3.63, 3.8) is 0 Å². The lowest BCUT2D eigenvalue weighted by molar-refractivity contribution is 0.354. The van der Waals surface area contributed by atoms with Crippen molar-refractivity contribution in [2.75, 3.05) is 21.3 Å². The molecule has 2 rings (SSSR count). The third-order valence-corrected chi connectivity index (χ3v) is 3.32. The summed E-state index contributed by atoms with van der Waals surface area (Å²) in [6, 6.07) is 15.3. The first kappa shape index (κ1) is 14.7. The highest BCUT2D eigenvalue weighted by Crippen LogP contribution is 2.33. The van der Waals surface area contributed by atoms with Crippen LogP contribution in [0.2, 0.25) is 0 Å². The Balaban J connectivity index is 2.39. The summed E-state index contributed by atoms with van der Waals surface area (Å²) in [7, 11) is 4.78. The van der Waals surface area contributed by atoms with Gasteiger partial charge in [-0.25, -0.2) is 0 Å². The van der Waals surface area contributed by atoms with Crippen molar-refractivity contribution in [3.05, 3.63) is 53.6 Å². The van der Waals surface area contributed by atoms with Crippen LogP contribution in [0.4, 0.5) is 0 Å². The zero-order chi connectivity index (χ0) is 15.2. The van der Waals surface area contributed by atoms with Crippen molar-refractivity contribution in [2.45, 2.75) is 5.92 Å². The van der Waals surface area contributed by atoms with Crippen LogP contribution >= 0.6 is 0 Å². The Hall–Kier alpha value is -2.67. The molecule has 0 bridgehead atoms. The molecule has 0 aliphatic carbocycles. The Morgan fingerprint density at radius 2 is 1.43 bits per heavy atom. The van der Waals surface area contributed by atoms with Gasteiger partial charge in [-0.3, -0.25) is 0 Å². The van der Waals surface area contributed by atoms with Crippen molar-refractivity contribution in [1.29, 1.82) is 5.26 Å². The minimum atomic E-state index is -0.365. The molecule has 4 nitrogen and oxygen atoms in total. The highest BCUT2D eigenvalue weighted by molar-refractivity contribution is 5.48. The number of hydrogen-bond acceptors (Lipinski definition) is 4. The second kappa shape index (κ2) is 6.67. The van der Waals surface area contributed by atoms with Gasteiger partial charge in [0.25, 0.3) is 0 Å². The van der Waals surface area contributed by atoms with E-state index in [9.17, 15) is 5.26 Å². The largest absolute Gasteiger partial charge is 0.497 e. The molecule has 1 atom stereocenters. The zero-order valence-corrected chi connectivity index (χ0v) is 12.3. The number of rotatable bonds is 5. The van der Waals surface area contributed by atoms with Gasteiger partial charge in [0.2, 0.25) is 0 Å². The minimum Gasteiger partial charge on any atom is -0.497 e. The normalized spacial score (nSPS) is 11.3. The molecule has 0 heterocycles. The molecule has 0 unspecified atom stereocenters. The Labute approximate surface area is 124 Å². The van der Waals surface area contributed by atoms with E-state index in [1.807, 2.05) is 42.5 Å². The molecular weight excluding hydrogens is 266 g/mol. The molecule has 0 aliphatic heterocycles. The summed E-state index contributed by atoms with van der Waals surface area (Å²) in [5, 5.41) is 9.50. The van der Waals surface area contributed by atoms with E-state index in [4.69, 9.17) is 14.2 Å². The average molecular weight is 283 g/mol. The molecule has 108 valence electrons. The van der Waals surface area contributed by atoms with Gasteiger partial charge in [-0.05, 0) is 35.4 Å². The maximum absolute atomic E-state index is 9.50. The standard InChI is InChI=1S/C17H17NO3/c1-19-14-7-4-12(5-8-14)15(11-18)13-6-9-16(20-2)17(10-13)21-3/h4-10,15H,1-3H3/t15-/m0/s1. The summed E-state index contributed by atoms with van der Waals surface area (Å²) >= 11 is 0. The van der Waals surface area contributed by atoms with Crippen LogP contribution in [0.1, 0.15) is 17.0 Å². The number of ether oxygens (including phenoxy) is 3. The first-order chi connectivity index (χ1) is 10.2. The van der Waals surface area contributed by atoms with E-state index in [1.54, 1.807) is 21.3 Å². The predicted molar refractivity (Wildman–Crippen MR) is 80.0 cm³/mol. The summed E-state index contributed by atoms with van der Waals surface area (Å²) in [6.07, 6.45) is 0. The fraction of sp³-hybridized carbons (Fsp3) is 0.235. The number of hydrogen-bond donors (Lipinski definition) is 0. The van der Waals surface area contributed by atoms with E-state index in [0.717, 1.165) is 16.9 Å². The molecular formula is C17H17NO3. The molecule has 0 aromatic heterocycles. The topological polar surface area (TPSA) is 51.5 Å². The van der Waals surface area contributed by atoms with Gasteiger partial charge in [-0.2, -0.15) is 5.26 Å². The molecule has 0 N–H and O–H groups in total. The van der Waals surface area contributed by atoms with Gasteiger partial charge in [0.05, 0.1) is 33.3 Å². The van der Waals surface area contributed by atoms with Gasteiger partial charge in [0.15, 0.2) is 11.5 Å². The first-order valence-corrected chi connectivity index (χ1v) is 6.49. The molecule has 4 heteroatoms. The third-order valence-electron chi connectivity index (χ3n) is 3.32. The minimum absolute atomic E-state index is 0.365. The highest BCUT2D eigenvalue weighted by atomic mass is 16.5. The van der Waals surface area contributed by atoms with Crippen LogP contribution in [0.3, 0.4) is 0 Å². The quantitative estimate of drug-likeness (QED) is 0.844. The molecule has 0 radical (unpaired) electrons. The molecule has 0 spiro atoms. The van der Waals surface area contributed by atoms with Crippen molar-refractivity contribution in [3.8, 4) is 23.3 Å². The van der Waals surface area contributed by atoms with Crippen LogP contribution in [0, 0.1) is 11.3 Å². The molecule has 0 amide bonds. The van der Waals surface area contributed by atoms with Gasteiger partial charge >= 0.3 is 0 Å². The van der Waals surface area contributed by atoms with E-state index >= 15 is 0 Å². The van der Waals surface area contributed by atoms with E-state index < -0.39 is 0 Å². The molecule has 0 fully saturated rings.